The molecule has 1 heterocycles. The van der Waals surface area contributed by atoms with Gasteiger partial charge in [-0.05, 0) is 39.2 Å². The van der Waals surface area contributed by atoms with Crippen molar-refractivity contribution < 1.29 is 0 Å². The van der Waals surface area contributed by atoms with Crippen LogP contribution in [0.2, 0.25) is 0 Å². The standard InChI is InChI=1S/C14H26BrN3/c1-5-13(6-2)18-10-7-12(17-18)11-16-14(3,4)8-9-15/h7,10,13,16H,5-6,8-9,11H2,1-4H3. The molecule has 0 unspecified atom stereocenters. The van der Waals surface area contributed by atoms with Gasteiger partial charge in [-0.25, -0.2) is 0 Å². The molecule has 0 saturated heterocycles. The third-order valence-corrected chi connectivity index (χ3v) is 3.84. The average Bonchev–Trinajstić information content (AvgIpc) is 2.77. The molecule has 0 amide bonds. The van der Waals surface area contributed by atoms with Crippen LogP contribution in [0.25, 0.3) is 0 Å². The van der Waals surface area contributed by atoms with Gasteiger partial charge in [0.15, 0.2) is 0 Å². The maximum Gasteiger partial charge on any atom is 0.0762 e. The summed E-state index contributed by atoms with van der Waals surface area (Å²) in [5.74, 6) is 0. The molecule has 0 saturated carbocycles. The first-order valence-corrected chi connectivity index (χ1v) is 7.99. The molecule has 0 atom stereocenters. The molecule has 0 aliphatic heterocycles. The van der Waals surface area contributed by atoms with Crippen molar-refractivity contribution in [1.82, 2.24) is 15.1 Å². The molecule has 18 heavy (non-hydrogen) atoms. The minimum atomic E-state index is 0.155. The smallest absolute Gasteiger partial charge is 0.0762 e. The van der Waals surface area contributed by atoms with Crippen LogP contribution in [0.15, 0.2) is 12.3 Å². The lowest BCUT2D eigenvalue weighted by Crippen LogP contribution is -2.39. The maximum atomic E-state index is 4.66. The number of nitrogens with zero attached hydrogens (tertiary/aromatic N) is 2. The van der Waals surface area contributed by atoms with Crippen LogP contribution in [-0.2, 0) is 6.54 Å². The molecule has 0 bridgehead atoms. The van der Waals surface area contributed by atoms with Gasteiger partial charge in [0.05, 0.1) is 11.7 Å². The van der Waals surface area contributed by atoms with E-state index in [9.17, 15) is 0 Å². The van der Waals surface area contributed by atoms with E-state index in [2.05, 4.69) is 71.0 Å². The quantitative estimate of drug-likeness (QED) is 0.737. The van der Waals surface area contributed by atoms with Crippen LogP contribution in [0, 0.1) is 0 Å². The number of alkyl halides is 1. The minimum Gasteiger partial charge on any atom is -0.306 e. The van der Waals surface area contributed by atoms with Crippen molar-refractivity contribution in [3.63, 3.8) is 0 Å². The van der Waals surface area contributed by atoms with Gasteiger partial charge in [-0.1, -0.05) is 29.8 Å². The molecule has 1 aromatic heterocycles. The van der Waals surface area contributed by atoms with Crippen molar-refractivity contribution in [2.75, 3.05) is 5.33 Å². The summed E-state index contributed by atoms with van der Waals surface area (Å²) in [6, 6.07) is 2.66. The van der Waals surface area contributed by atoms with Crippen molar-refractivity contribution in [2.45, 2.75) is 65.1 Å². The first-order valence-electron chi connectivity index (χ1n) is 6.87. The van der Waals surface area contributed by atoms with E-state index >= 15 is 0 Å². The Morgan fingerprint density at radius 1 is 1.39 bits per heavy atom. The van der Waals surface area contributed by atoms with Gasteiger partial charge in [0.2, 0.25) is 0 Å². The van der Waals surface area contributed by atoms with Crippen LogP contribution >= 0.6 is 15.9 Å². The number of hydrogen-bond acceptors (Lipinski definition) is 2. The summed E-state index contributed by atoms with van der Waals surface area (Å²) in [5.41, 5.74) is 1.28. The summed E-state index contributed by atoms with van der Waals surface area (Å²) in [4.78, 5) is 0. The highest BCUT2D eigenvalue weighted by Crippen LogP contribution is 2.15. The van der Waals surface area contributed by atoms with E-state index in [0.29, 0.717) is 6.04 Å². The highest BCUT2D eigenvalue weighted by atomic mass is 79.9. The van der Waals surface area contributed by atoms with E-state index in [0.717, 1.165) is 36.8 Å². The molecule has 1 rings (SSSR count). The fourth-order valence-electron chi connectivity index (χ4n) is 1.99. The number of rotatable bonds is 8. The van der Waals surface area contributed by atoms with Gasteiger partial charge >= 0.3 is 0 Å². The van der Waals surface area contributed by atoms with Crippen LogP contribution in [-0.4, -0.2) is 20.6 Å². The first-order chi connectivity index (χ1) is 8.52. The zero-order valence-electron chi connectivity index (χ0n) is 12.0. The van der Waals surface area contributed by atoms with Gasteiger partial charge in [-0.3, -0.25) is 4.68 Å². The molecule has 0 radical (unpaired) electrons. The van der Waals surface area contributed by atoms with Gasteiger partial charge < -0.3 is 5.32 Å². The van der Waals surface area contributed by atoms with Gasteiger partial charge in [-0.2, -0.15) is 5.10 Å². The van der Waals surface area contributed by atoms with Crippen LogP contribution in [0.5, 0.6) is 0 Å². The van der Waals surface area contributed by atoms with Crippen molar-refractivity contribution >= 4 is 15.9 Å². The summed E-state index contributed by atoms with van der Waals surface area (Å²) in [6.45, 7) is 9.73. The van der Waals surface area contributed by atoms with E-state index < -0.39 is 0 Å². The Hall–Kier alpha value is -0.350. The molecule has 0 aromatic carbocycles. The number of nitrogens with one attached hydrogen (secondary N) is 1. The molecule has 4 heteroatoms. The van der Waals surface area contributed by atoms with Crippen molar-refractivity contribution in [2.24, 2.45) is 0 Å². The molecule has 104 valence electrons. The Bertz CT molecular complexity index is 343. The van der Waals surface area contributed by atoms with Crippen LogP contribution < -0.4 is 5.32 Å². The summed E-state index contributed by atoms with van der Waals surface area (Å²) in [6.07, 6.45) is 5.49. The summed E-state index contributed by atoms with van der Waals surface area (Å²) in [5, 5.41) is 9.24. The molecular formula is C14H26BrN3. The van der Waals surface area contributed by atoms with Gasteiger partial charge in [0, 0.05) is 23.6 Å². The van der Waals surface area contributed by atoms with Crippen LogP contribution in [0.4, 0.5) is 0 Å². The molecule has 0 spiro atoms. The van der Waals surface area contributed by atoms with Crippen molar-refractivity contribution in [3.8, 4) is 0 Å². The first kappa shape index (κ1) is 15.7. The van der Waals surface area contributed by atoms with Crippen LogP contribution in [0.1, 0.15) is 58.7 Å². The number of halogens is 1. The highest BCUT2D eigenvalue weighted by Gasteiger charge is 2.16. The fourth-order valence-corrected chi connectivity index (χ4v) is 2.98. The predicted octanol–water partition coefficient (Wildman–Crippen LogP) is 3.90. The lowest BCUT2D eigenvalue weighted by Gasteiger charge is -2.25. The largest absolute Gasteiger partial charge is 0.306 e. The number of aromatic nitrogens is 2. The summed E-state index contributed by atoms with van der Waals surface area (Å²) in [7, 11) is 0. The maximum absolute atomic E-state index is 4.66. The second-order valence-corrected chi connectivity index (χ2v) is 6.23. The Kier molecular flexibility index (Phi) is 6.36. The summed E-state index contributed by atoms with van der Waals surface area (Å²) >= 11 is 3.49. The third-order valence-electron chi connectivity index (χ3n) is 3.45. The topological polar surface area (TPSA) is 29.9 Å². The van der Waals surface area contributed by atoms with Crippen molar-refractivity contribution in [3.05, 3.63) is 18.0 Å². The monoisotopic (exact) mass is 315 g/mol. The summed E-state index contributed by atoms with van der Waals surface area (Å²) < 4.78 is 2.11. The Morgan fingerprint density at radius 2 is 2.06 bits per heavy atom. The zero-order chi connectivity index (χ0) is 13.6. The Labute approximate surface area is 119 Å². The fraction of sp³-hybridized carbons (Fsp3) is 0.786. The van der Waals surface area contributed by atoms with E-state index in [1.54, 1.807) is 0 Å². The lowest BCUT2D eigenvalue weighted by atomic mass is 10.0. The molecule has 0 aliphatic rings. The zero-order valence-corrected chi connectivity index (χ0v) is 13.6. The molecular weight excluding hydrogens is 290 g/mol. The minimum absolute atomic E-state index is 0.155. The van der Waals surface area contributed by atoms with Crippen molar-refractivity contribution in [1.29, 1.82) is 0 Å². The van der Waals surface area contributed by atoms with Gasteiger partial charge in [0.1, 0.15) is 0 Å². The average molecular weight is 316 g/mol. The number of hydrogen-bond donors (Lipinski definition) is 1. The molecule has 3 nitrogen and oxygen atoms in total. The molecule has 1 N–H and O–H groups in total. The lowest BCUT2D eigenvalue weighted by molar-refractivity contribution is 0.371. The predicted molar refractivity (Wildman–Crippen MR) is 81.2 cm³/mol. The van der Waals surface area contributed by atoms with E-state index in [1.165, 1.54) is 0 Å². The SMILES string of the molecule is CCC(CC)n1ccc(CNC(C)(C)CCBr)n1. The Morgan fingerprint density at radius 3 is 2.61 bits per heavy atom. The van der Waals surface area contributed by atoms with Gasteiger partial charge in [0.25, 0.3) is 0 Å². The van der Waals surface area contributed by atoms with E-state index in [-0.39, 0.29) is 5.54 Å². The molecule has 1 aromatic rings. The molecule has 0 fully saturated rings. The second-order valence-electron chi connectivity index (χ2n) is 5.43. The normalized spacial score (nSPS) is 12.3. The third kappa shape index (κ3) is 4.73. The molecule has 0 aliphatic carbocycles. The van der Waals surface area contributed by atoms with E-state index in [1.807, 2.05) is 0 Å². The Balaban J connectivity index is 2.54. The highest BCUT2D eigenvalue weighted by molar-refractivity contribution is 9.09. The second kappa shape index (κ2) is 7.29. The van der Waals surface area contributed by atoms with E-state index in [4.69, 9.17) is 0 Å². The van der Waals surface area contributed by atoms with Crippen LogP contribution in [0.3, 0.4) is 0 Å². The van der Waals surface area contributed by atoms with Gasteiger partial charge in [-0.15, -0.1) is 0 Å².